The maximum absolute atomic E-state index is 13.3. The van der Waals surface area contributed by atoms with Crippen LogP contribution in [0.1, 0.15) is 44.7 Å². The lowest BCUT2D eigenvalue weighted by Gasteiger charge is -2.23. The summed E-state index contributed by atoms with van der Waals surface area (Å²) in [7, 11) is 0. The van der Waals surface area contributed by atoms with Gasteiger partial charge >= 0.3 is 0 Å². The summed E-state index contributed by atoms with van der Waals surface area (Å²) in [5, 5.41) is 0. The lowest BCUT2D eigenvalue weighted by atomic mass is 10.0. The van der Waals surface area contributed by atoms with Gasteiger partial charge in [0.2, 0.25) is 0 Å². The number of nitrogens with zero attached hydrogens (tertiary/aromatic N) is 1. The van der Waals surface area contributed by atoms with Gasteiger partial charge in [-0.2, -0.15) is 0 Å². The van der Waals surface area contributed by atoms with Crippen LogP contribution in [0.2, 0.25) is 0 Å². The normalized spacial score (nSPS) is 21.3. The molecule has 0 spiro atoms. The van der Waals surface area contributed by atoms with Crippen molar-refractivity contribution in [2.24, 2.45) is 11.7 Å². The molecule has 0 bridgehead atoms. The molecule has 3 heteroatoms. The molecular formula is C15H23FN2. The SMILES string of the molecule is CCCC1CCN(c2ccc(F)cc2[C@H](C)N)C1. The Labute approximate surface area is 109 Å². The Bertz CT molecular complexity index is 403. The van der Waals surface area contributed by atoms with Gasteiger partial charge in [-0.05, 0) is 49.4 Å². The average molecular weight is 250 g/mol. The highest BCUT2D eigenvalue weighted by Gasteiger charge is 2.24. The molecule has 0 saturated carbocycles. The zero-order valence-corrected chi connectivity index (χ0v) is 11.3. The van der Waals surface area contributed by atoms with Gasteiger partial charge in [-0.25, -0.2) is 4.39 Å². The molecule has 18 heavy (non-hydrogen) atoms. The maximum Gasteiger partial charge on any atom is 0.123 e. The summed E-state index contributed by atoms with van der Waals surface area (Å²) in [5.41, 5.74) is 7.99. The molecule has 1 unspecified atom stereocenters. The van der Waals surface area contributed by atoms with E-state index in [0.717, 1.165) is 30.3 Å². The zero-order valence-electron chi connectivity index (χ0n) is 11.3. The average Bonchev–Trinajstić information content (AvgIpc) is 2.78. The molecule has 1 aliphatic heterocycles. The molecular weight excluding hydrogens is 227 g/mol. The Morgan fingerprint density at radius 3 is 2.94 bits per heavy atom. The topological polar surface area (TPSA) is 29.3 Å². The van der Waals surface area contributed by atoms with Crippen molar-refractivity contribution >= 4 is 5.69 Å². The molecule has 2 nitrogen and oxygen atoms in total. The second-order valence-corrected chi connectivity index (χ2v) is 5.38. The van der Waals surface area contributed by atoms with Crippen molar-refractivity contribution in [1.82, 2.24) is 0 Å². The summed E-state index contributed by atoms with van der Waals surface area (Å²) in [6, 6.07) is 4.87. The molecule has 0 radical (unpaired) electrons. The summed E-state index contributed by atoms with van der Waals surface area (Å²) in [4.78, 5) is 2.36. The van der Waals surface area contributed by atoms with E-state index in [0.29, 0.717) is 0 Å². The zero-order chi connectivity index (χ0) is 13.1. The molecule has 2 atom stereocenters. The lowest BCUT2D eigenvalue weighted by molar-refractivity contribution is 0.529. The van der Waals surface area contributed by atoms with Gasteiger partial charge in [0.1, 0.15) is 5.82 Å². The van der Waals surface area contributed by atoms with E-state index in [9.17, 15) is 4.39 Å². The van der Waals surface area contributed by atoms with Crippen LogP contribution in [0.4, 0.5) is 10.1 Å². The lowest BCUT2D eigenvalue weighted by Crippen LogP contribution is -2.22. The van der Waals surface area contributed by atoms with Crippen LogP contribution in [0.15, 0.2) is 18.2 Å². The first kappa shape index (κ1) is 13.3. The highest BCUT2D eigenvalue weighted by Crippen LogP contribution is 2.31. The first-order valence-electron chi connectivity index (χ1n) is 6.91. The minimum absolute atomic E-state index is 0.124. The highest BCUT2D eigenvalue weighted by atomic mass is 19.1. The molecule has 0 aromatic heterocycles. The van der Waals surface area contributed by atoms with Crippen LogP contribution in [0.25, 0.3) is 0 Å². The Kier molecular flexibility index (Phi) is 4.23. The third-order valence-corrected chi connectivity index (χ3v) is 3.80. The van der Waals surface area contributed by atoms with Crippen molar-refractivity contribution in [2.45, 2.75) is 39.2 Å². The van der Waals surface area contributed by atoms with Crippen LogP contribution >= 0.6 is 0 Å². The van der Waals surface area contributed by atoms with Crippen molar-refractivity contribution < 1.29 is 4.39 Å². The monoisotopic (exact) mass is 250 g/mol. The molecule has 1 heterocycles. The number of benzene rings is 1. The van der Waals surface area contributed by atoms with Crippen LogP contribution in [0, 0.1) is 11.7 Å². The third kappa shape index (κ3) is 2.83. The standard InChI is InChI=1S/C15H23FN2/c1-3-4-12-7-8-18(10-12)15-6-5-13(16)9-14(15)11(2)17/h5-6,9,11-12H,3-4,7-8,10,17H2,1-2H3/t11-,12?/m0/s1. The fourth-order valence-corrected chi connectivity index (χ4v) is 2.87. The van der Waals surface area contributed by atoms with Gasteiger partial charge in [-0.1, -0.05) is 13.3 Å². The Morgan fingerprint density at radius 1 is 1.50 bits per heavy atom. The second kappa shape index (κ2) is 5.70. The van der Waals surface area contributed by atoms with Crippen LogP contribution in [-0.4, -0.2) is 13.1 Å². The van der Waals surface area contributed by atoms with Crippen LogP contribution in [0.3, 0.4) is 0 Å². The summed E-state index contributed by atoms with van der Waals surface area (Å²) in [6.45, 7) is 6.29. The largest absolute Gasteiger partial charge is 0.371 e. The Morgan fingerprint density at radius 2 is 2.28 bits per heavy atom. The van der Waals surface area contributed by atoms with E-state index >= 15 is 0 Å². The Hall–Kier alpha value is -1.09. The summed E-state index contributed by atoms with van der Waals surface area (Å²) in [5.74, 6) is 0.580. The predicted octanol–water partition coefficient (Wildman–Crippen LogP) is 3.47. The van der Waals surface area contributed by atoms with E-state index < -0.39 is 0 Å². The number of hydrogen-bond acceptors (Lipinski definition) is 2. The third-order valence-electron chi connectivity index (χ3n) is 3.80. The summed E-state index contributed by atoms with van der Waals surface area (Å²) in [6.07, 6.45) is 3.76. The van der Waals surface area contributed by atoms with Gasteiger partial charge in [0.15, 0.2) is 0 Å². The van der Waals surface area contributed by atoms with Gasteiger partial charge in [0.05, 0.1) is 0 Å². The fraction of sp³-hybridized carbons (Fsp3) is 0.600. The first-order valence-corrected chi connectivity index (χ1v) is 6.91. The second-order valence-electron chi connectivity index (χ2n) is 5.38. The Balaban J connectivity index is 2.18. The molecule has 1 aliphatic rings. The fourth-order valence-electron chi connectivity index (χ4n) is 2.87. The van der Waals surface area contributed by atoms with E-state index in [1.165, 1.54) is 25.3 Å². The van der Waals surface area contributed by atoms with Gasteiger partial charge in [0, 0.05) is 24.8 Å². The quantitative estimate of drug-likeness (QED) is 0.886. The minimum atomic E-state index is -0.199. The molecule has 100 valence electrons. The smallest absolute Gasteiger partial charge is 0.123 e. The molecule has 2 N–H and O–H groups in total. The number of anilines is 1. The van der Waals surface area contributed by atoms with Gasteiger partial charge in [-0.3, -0.25) is 0 Å². The van der Waals surface area contributed by atoms with Crippen molar-refractivity contribution in [3.8, 4) is 0 Å². The van der Waals surface area contributed by atoms with E-state index in [2.05, 4.69) is 11.8 Å². The first-order chi connectivity index (χ1) is 8.61. The number of rotatable bonds is 4. The summed E-state index contributed by atoms with van der Waals surface area (Å²) < 4.78 is 13.3. The number of halogens is 1. The molecule has 1 fully saturated rings. The number of hydrogen-bond donors (Lipinski definition) is 1. The molecule has 0 aliphatic carbocycles. The highest BCUT2D eigenvalue weighted by molar-refractivity contribution is 5.55. The van der Waals surface area contributed by atoms with Crippen molar-refractivity contribution in [2.75, 3.05) is 18.0 Å². The van der Waals surface area contributed by atoms with Crippen LogP contribution < -0.4 is 10.6 Å². The van der Waals surface area contributed by atoms with E-state index in [1.807, 2.05) is 13.0 Å². The van der Waals surface area contributed by atoms with Crippen LogP contribution in [-0.2, 0) is 0 Å². The van der Waals surface area contributed by atoms with Crippen molar-refractivity contribution in [3.63, 3.8) is 0 Å². The van der Waals surface area contributed by atoms with Gasteiger partial charge in [0.25, 0.3) is 0 Å². The number of nitrogens with two attached hydrogens (primary N) is 1. The molecule has 2 rings (SSSR count). The van der Waals surface area contributed by atoms with Crippen molar-refractivity contribution in [3.05, 3.63) is 29.6 Å². The molecule has 1 aromatic rings. The molecule has 1 aromatic carbocycles. The molecule has 0 amide bonds. The van der Waals surface area contributed by atoms with Crippen molar-refractivity contribution in [1.29, 1.82) is 0 Å². The van der Waals surface area contributed by atoms with Gasteiger partial charge in [-0.15, -0.1) is 0 Å². The van der Waals surface area contributed by atoms with E-state index in [-0.39, 0.29) is 11.9 Å². The predicted molar refractivity (Wildman–Crippen MR) is 74.2 cm³/mol. The van der Waals surface area contributed by atoms with E-state index in [4.69, 9.17) is 5.73 Å². The summed E-state index contributed by atoms with van der Waals surface area (Å²) >= 11 is 0. The maximum atomic E-state index is 13.3. The minimum Gasteiger partial charge on any atom is -0.371 e. The van der Waals surface area contributed by atoms with Crippen LogP contribution in [0.5, 0.6) is 0 Å². The van der Waals surface area contributed by atoms with Gasteiger partial charge < -0.3 is 10.6 Å². The van der Waals surface area contributed by atoms with E-state index in [1.54, 1.807) is 6.07 Å². The molecule has 1 saturated heterocycles.